The van der Waals surface area contributed by atoms with Gasteiger partial charge >= 0.3 is 0 Å². The molecule has 0 amide bonds. The van der Waals surface area contributed by atoms with E-state index in [1.165, 1.54) is 17.8 Å². The molecule has 5 nitrogen and oxygen atoms in total. The molecular weight excluding hydrogens is 465 g/mol. The molecule has 0 bridgehead atoms. The number of halogens is 1. The van der Waals surface area contributed by atoms with Crippen molar-refractivity contribution in [3.8, 4) is 0 Å². The Balaban J connectivity index is 0.000000673. The number of aryl methyl sites for hydroxylation is 1. The van der Waals surface area contributed by atoms with Gasteiger partial charge in [0.05, 0.1) is 11.0 Å². The SMILES string of the molecule is C=C(c1ccc(F)cc1)c1ccccc1N(CC)C(C)C.C=O.C=O.CC.Cc1nc2ccccc2[nH]1. The number of hydrogen-bond acceptors (Lipinski definition) is 4. The molecule has 1 heterocycles. The summed E-state index contributed by atoms with van der Waals surface area (Å²) >= 11 is 0. The van der Waals surface area contributed by atoms with Gasteiger partial charge in [0.25, 0.3) is 0 Å². The Morgan fingerprint density at radius 1 is 0.919 bits per heavy atom. The quantitative estimate of drug-likeness (QED) is 0.302. The van der Waals surface area contributed by atoms with E-state index in [4.69, 9.17) is 9.59 Å². The molecule has 4 aromatic rings. The van der Waals surface area contributed by atoms with E-state index in [1.807, 2.05) is 70.7 Å². The average Bonchev–Trinajstić information content (AvgIpc) is 3.33. The molecule has 3 aromatic carbocycles. The lowest BCUT2D eigenvalue weighted by atomic mass is 9.97. The van der Waals surface area contributed by atoms with Crippen LogP contribution in [0, 0.1) is 12.7 Å². The van der Waals surface area contributed by atoms with Crippen LogP contribution in [0.5, 0.6) is 0 Å². The van der Waals surface area contributed by atoms with Crippen molar-refractivity contribution in [1.82, 2.24) is 9.97 Å². The lowest BCUT2D eigenvalue weighted by Crippen LogP contribution is -2.31. The molecule has 4 rings (SSSR count). The lowest BCUT2D eigenvalue weighted by Gasteiger charge is -2.30. The van der Waals surface area contributed by atoms with Crippen LogP contribution in [-0.4, -0.2) is 36.1 Å². The van der Waals surface area contributed by atoms with Crippen LogP contribution in [0.2, 0.25) is 0 Å². The van der Waals surface area contributed by atoms with Crippen molar-refractivity contribution < 1.29 is 14.0 Å². The Morgan fingerprint density at radius 2 is 1.46 bits per heavy atom. The van der Waals surface area contributed by atoms with Crippen molar-refractivity contribution in [3.05, 3.63) is 102 Å². The number of nitrogens with one attached hydrogen (secondary N) is 1. The third kappa shape index (κ3) is 9.84. The minimum absolute atomic E-state index is 0.225. The number of H-pyrrole nitrogens is 1. The number of nitrogens with zero attached hydrogens (tertiary/aromatic N) is 2. The van der Waals surface area contributed by atoms with Crippen LogP contribution in [-0.2, 0) is 9.59 Å². The molecule has 1 N–H and O–H groups in total. The molecule has 37 heavy (non-hydrogen) atoms. The number of anilines is 1. The highest BCUT2D eigenvalue weighted by atomic mass is 19.1. The molecule has 0 fully saturated rings. The summed E-state index contributed by atoms with van der Waals surface area (Å²) in [6.45, 7) is 21.6. The maximum atomic E-state index is 13.1. The van der Waals surface area contributed by atoms with Crippen LogP contribution in [0.3, 0.4) is 0 Å². The Hall–Kier alpha value is -4.06. The summed E-state index contributed by atoms with van der Waals surface area (Å²) in [6.07, 6.45) is 0. The van der Waals surface area contributed by atoms with Crippen LogP contribution < -0.4 is 4.90 Å². The van der Waals surface area contributed by atoms with Gasteiger partial charge in [-0.1, -0.05) is 62.9 Å². The number of aromatic amines is 1. The molecule has 0 atom stereocenters. The van der Waals surface area contributed by atoms with E-state index >= 15 is 0 Å². The molecule has 198 valence electrons. The number of rotatable bonds is 5. The Bertz CT molecular complexity index is 1150. The maximum absolute atomic E-state index is 13.1. The summed E-state index contributed by atoms with van der Waals surface area (Å²) < 4.78 is 13.1. The van der Waals surface area contributed by atoms with Crippen molar-refractivity contribution in [2.45, 2.75) is 47.6 Å². The molecule has 0 saturated carbocycles. The molecule has 0 unspecified atom stereocenters. The van der Waals surface area contributed by atoms with Gasteiger partial charge in [-0.15, -0.1) is 0 Å². The highest BCUT2D eigenvalue weighted by Gasteiger charge is 2.15. The number of para-hydroxylation sites is 3. The monoisotopic (exact) mass is 505 g/mol. The number of hydrogen-bond donors (Lipinski definition) is 1. The lowest BCUT2D eigenvalue weighted by molar-refractivity contribution is -0.0987. The second kappa shape index (κ2) is 18.2. The fraction of sp³-hybridized carbons (Fsp3) is 0.258. The smallest absolute Gasteiger partial charge is 0.123 e. The number of aromatic nitrogens is 2. The van der Waals surface area contributed by atoms with Crippen LogP contribution >= 0.6 is 0 Å². The summed E-state index contributed by atoms with van der Waals surface area (Å²) in [5, 5.41) is 0. The van der Waals surface area contributed by atoms with E-state index < -0.39 is 0 Å². The molecule has 1 aromatic heterocycles. The number of carbonyl (C=O) groups excluding carboxylic acids is 2. The minimum Gasteiger partial charge on any atom is -0.369 e. The predicted octanol–water partition coefficient (Wildman–Crippen LogP) is 7.65. The van der Waals surface area contributed by atoms with Crippen LogP contribution in [0.15, 0.2) is 79.4 Å². The second-order valence-electron chi connectivity index (χ2n) is 7.72. The van der Waals surface area contributed by atoms with Gasteiger partial charge in [-0.25, -0.2) is 9.37 Å². The number of imidazole rings is 1. The molecule has 0 aliphatic rings. The third-order valence-corrected chi connectivity index (χ3v) is 5.20. The van der Waals surface area contributed by atoms with E-state index in [2.05, 4.69) is 54.4 Å². The molecule has 0 spiro atoms. The summed E-state index contributed by atoms with van der Waals surface area (Å²) in [6, 6.07) is 23.2. The molecule has 0 saturated heterocycles. The standard InChI is InChI=1S/C19H22FN.C8H8N2.C2H6.2CH2O/c1-5-21(14(2)3)19-9-7-6-8-18(19)15(4)16-10-12-17(20)13-11-16;1-6-9-7-4-2-3-5-8(7)10-6;3*1-2/h6-14H,4-5H2,1-3H3;2-5H,1H3,(H,9,10);1-2H3;2*1H2. The van der Waals surface area contributed by atoms with Crippen molar-refractivity contribution in [2.75, 3.05) is 11.4 Å². The van der Waals surface area contributed by atoms with Crippen molar-refractivity contribution in [2.24, 2.45) is 0 Å². The average molecular weight is 506 g/mol. The zero-order valence-corrected chi connectivity index (χ0v) is 22.9. The van der Waals surface area contributed by atoms with E-state index in [9.17, 15) is 4.39 Å². The summed E-state index contributed by atoms with van der Waals surface area (Å²) in [4.78, 5) is 25.7. The molecular formula is C31H40FN3O2. The van der Waals surface area contributed by atoms with Gasteiger partial charge in [-0.2, -0.15) is 0 Å². The topological polar surface area (TPSA) is 66.1 Å². The summed E-state index contributed by atoms with van der Waals surface area (Å²) in [5.74, 6) is 0.749. The van der Waals surface area contributed by atoms with Crippen molar-refractivity contribution in [1.29, 1.82) is 0 Å². The predicted molar refractivity (Wildman–Crippen MR) is 156 cm³/mol. The van der Waals surface area contributed by atoms with Gasteiger partial charge in [0.2, 0.25) is 0 Å². The largest absolute Gasteiger partial charge is 0.369 e. The highest BCUT2D eigenvalue weighted by molar-refractivity contribution is 5.85. The Morgan fingerprint density at radius 3 is 2.00 bits per heavy atom. The van der Waals surface area contributed by atoms with Crippen molar-refractivity contribution in [3.63, 3.8) is 0 Å². The molecule has 6 heteroatoms. The van der Waals surface area contributed by atoms with Gasteiger partial charge in [0, 0.05) is 23.8 Å². The first-order valence-electron chi connectivity index (χ1n) is 12.2. The molecule has 0 aliphatic heterocycles. The van der Waals surface area contributed by atoms with Crippen molar-refractivity contribution >= 4 is 35.9 Å². The number of benzene rings is 3. The first-order valence-corrected chi connectivity index (χ1v) is 12.2. The van der Waals surface area contributed by atoms with Gasteiger partial charge in [-0.05, 0) is 69.2 Å². The maximum Gasteiger partial charge on any atom is 0.123 e. The van der Waals surface area contributed by atoms with Crippen LogP contribution in [0.1, 0.15) is 51.6 Å². The van der Waals surface area contributed by atoms with E-state index in [1.54, 1.807) is 12.1 Å². The third-order valence-electron chi connectivity index (χ3n) is 5.20. The van der Waals surface area contributed by atoms with Crippen LogP contribution in [0.25, 0.3) is 16.6 Å². The van der Waals surface area contributed by atoms with Gasteiger partial charge in [0.15, 0.2) is 0 Å². The first-order chi connectivity index (χ1) is 17.9. The number of fused-ring (bicyclic) bond motifs is 1. The Kier molecular flexibility index (Phi) is 16.2. The van der Waals surface area contributed by atoms with E-state index in [0.29, 0.717) is 6.04 Å². The normalized spacial score (nSPS) is 9.30. The van der Waals surface area contributed by atoms with Crippen LogP contribution in [0.4, 0.5) is 10.1 Å². The fourth-order valence-electron chi connectivity index (χ4n) is 3.68. The summed E-state index contributed by atoms with van der Waals surface area (Å²) in [5.41, 5.74) is 6.29. The Labute approximate surface area is 221 Å². The first kappa shape index (κ1) is 32.9. The fourth-order valence-corrected chi connectivity index (χ4v) is 3.68. The van der Waals surface area contributed by atoms with Gasteiger partial charge in [-0.3, -0.25) is 0 Å². The highest BCUT2D eigenvalue weighted by Crippen LogP contribution is 2.31. The van der Waals surface area contributed by atoms with E-state index in [0.717, 1.165) is 40.1 Å². The van der Waals surface area contributed by atoms with Gasteiger partial charge < -0.3 is 19.5 Å². The minimum atomic E-state index is -0.225. The molecule has 0 radical (unpaired) electrons. The van der Waals surface area contributed by atoms with Gasteiger partial charge in [0.1, 0.15) is 25.2 Å². The molecule has 0 aliphatic carbocycles. The van der Waals surface area contributed by atoms with E-state index in [-0.39, 0.29) is 5.82 Å². The zero-order chi connectivity index (χ0) is 28.4. The zero-order valence-electron chi connectivity index (χ0n) is 22.9. The summed E-state index contributed by atoms with van der Waals surface area (Å²) in [7, 11) is 0. The number of carbonyl (C=O) groups is 2. The second-order valence-corrected chi connectivity index (χ2v) is 7.72.